The number of hydrogen-bond acceptors (Lipinski definition) is 3. The standard InChI is InChI=1S/HNO3.Zn/c2-1-3-4-1;/h1H;. The molecule has 26 valence electrons. The fraction of sp³-hybridized carbons (Fsp3) is 0. The molecule has 1 aliphatic rings. The fourth-order valence-electron chi connectivity index (χ4n) is 0.0170. The second-order valence-electron chi connectivity index (χ2n) is 0.417. The smallest absolute Gasteiger partial charge is 0.0610 e. The van der Waals surface area contributed by atoms with Crippen molar-refractivity contribution in [2.24, 2.45) is 0 Å². The Morgan fingerprint density at radius 1 is 1.40 bits per heavy atom. The summed E-state index contributed by atoms with van der Waals surface area (Å²) in [5.74, 6) is 0. The van der Waals surface area contributed by atoms with Gasteiger partial charge >= 0.3 is 0 Å². The van der Waals surface area contributed by atoms with E-state index >= 15 is 0 Å². The molecule has 0 spiro atoms. The van der Waals surface area contributed by atoms with Crippen LogP contribution in [0.3, 0.4) is 0 Å². The van der Waals surface area contributed by atoms with Crippen molar-refractivity contribution in [3.8, 4) is 0 Å². The third-order valence-corrected chi connectivity index (χ3v) is 0.151. The molecule has 1 fully saturated rings. The number of quaternary nitrogens is 1. The van der Waals surface area contributed by atoms with Crippen LogP contribution < -0.4 is 5.39 Å². The summed E-state index contributed by atoms with van der Waals surface area (Å²) in [6, 6.07) is 0. The first-order chi connectivity index (χ1) is 1.89. The predicted octanol–water partition coefficient (Wildman–Crippen LogP) is -1.84. The van der Waals surface area contributed by atoms with E-state index in [1.807, 2.05) is 0 Å². The summed E-state index contributed by atoms with van der Waals surface area (Å²) in [4.78, 5) is 7.14. The van der Waals surface area contributed by atoms with Crippen LogP contribution in [0.15, 0.2) is 0 Å². The van der Waals surface area contributed by atoms with Gasteiger partial charge in [-0.05, 0) is 5.39 Å². The maximum absolute atomic E-state index is 9.11. The van der Waals surface area contributed by atoms with Crippen molar-refractivity contribution in [2.45, 2.75) is 0 Å². The van der Waals surface area contributed by atoms with Crippen LogP contribution in [-0.4, -0.2) is 0 Å². The summed E-state index contributed by atoms with van der Waals surface area (Å²) in [6.07, 6.45) is 0. The average molecular weight is 128 g/mol. The van der Waals surface area contributed by atoms with Gasteiger partial charge in [0.2, 0.25) is 0 Å². The molecule has 0 bridgehead atoms. The summed E-state index contributed by atoms with van der Waals surface area (Å²) < 4.78 is 0. The van der Waals surface area contributed by atoms with Crippen LogP contribution in [0, 0.1) is 5.21 Å². The van der Waals surface area contributed by atoms with Crippen molar-refractivity contribution in [1.82, 2.24) is 0 Å². The van der Waals surface area contributed by atoms with Crippen LogP contribution in [0.5, 0.6) is 0 Å². The molecule has 0 atom stereocenters. The summed E-state index contributed by atoms with van der Waals surface area (Å²) in [6.45, 7) is 0. The molecule has 1 saturated heterocycles. The molecule has 5 heavy (non-hydrogen) atoms. The van der Waals surface area contributed by atoms with E-state index in [9.17, 15) is 0 Å². The maximum atomic E-state index is 9.11. The quantitative estimate of drug-likeness (QED) is 0.180. The minimum Gasteiger partial charge on any atom is -0.561 e. The normalized spacial score (nSPS) is 21.0. The molecule has 1 heterocycles. The van der Waals surface area contributed by atoms with E-state index in [4.69, 9.17) is 5.21 Å². The summed E-state index contributed by atoms with van der Waals surface area (Å²) in [7, 11) is 0. The van der Waals surface area contributed by atoms with Gasteiger partial charge in [0.15, 0.2) is 0 Å². The molecule has 0 saturated carbocycles. The maximum Gasteiger partial charge on any atom is 0.0610 e. The number of nitrogens with one attached hydrogen (secondary N) is 1. The summed E-state index contributed by atoms with van der Waals surface area (Å²) in [5, 5.41) is 8.53. The van der Waals surface area contributed by atoms with E-state index < -0.39 is 5.39 Å². The van der Waals surface area contributed by atoms with Gasteiger partial charge in [0, 0.05) is 19.5 Å². The largest absolute Gasteiger partial charge is 0.561 e. The van der Waals surface area contributed by atoms with Crippen LogP contribution in [0.2, 0.25) is 0 Å². The predicted molar refractivity (Wildman–Crippen MR) is 6.50 cm³/mol. The molecule has 0 unspecified atom stereocenters. The van der Waals surface area contributed by atoms with Crippen LogP contribution in [0.25, 0.3) is 0 Å². The fourth-order valence-corrected chi connectivity index (χ4v) is 0.0170. The van der Waals surface area contributed by atoms with Crippen molar-refractivity contribution in [3.05, 3.63) is 5.21 Å². The van der Waals surface area contributed by atoms with Gasteiger partial charge in [0.1, 0.15) is 0 Å². The molecule has 4 nitrogen and oxygen atoms in total. The van der Waals surface area contributed by atoms with Gasteiger partial charge in [-0.25, -0.2) is 0 Å². The Morgan fingerprint density at radius 3 is 1.60 bits per heavy atom. The third kappa shape index (κ3) is 2.26. The Morgan fingerprint density at radius 2 is 1.60 bits per heavy atom. The van der Waals surface area contributed by atoms with E-state index in [1.165, 1.54) is 0 Å². The number of hydrogen-bond donors (Lipinski definition) is 1. The van der Waals surface area contributed by atoms with Gasteiger partial charge in [0.25, 0.3) is 0 Å². The SMILES string of the molecule is [O-][NH+]1OO1.[Zn]. The Labute approximate surface area is 40.8 Å². The first kappa shape index (κ1) is 5.46. The monoisotopic (exact) mass is 127 g/mol. The van der Waals surface area contributed by atoms with Crippen LogP contribution in [0.1, 0.15) is 0 Å². The molecule has 0 radical (unpaired) electrons. The Kier molecular flexibility index (Phi) is 1.96. The Bertz CT molecular complexity index is 26.1. The Balaban J connectivity index is 0.000000160. The topological polar surface area (TPSA) is 52.6 Å². The number of rotatable bonds is 0. The van der Waals surface area contributed by atoms with Gasteiger partial charge in [-0.1, -0.05) is 0 Å². The summed E-state index contributed by atoms with van der Waals surface area (Å²) >= 11 is 0. The van der Waals surface area contributed by atoms with Gasteiger partial charge in [-0.3, -0.25) is 0 Å². The van der Waals surface area contributed by atoms with E-state index in [-0.39, 0.29) is 19.5 Å². The molecule has 1 N–H and O–H groups in total. The second-order valence-corrected chi connectivity index (χ2v) is 0.417. The third-order valence-electron chi connectivity index (χ3n) is 0.151. The zero-order chi connectivity index (χ0) is 2.99. The van der Waals surface area contributed by atoms with Gasteiger partial charge < -0.3 is 5.21 Å². The Hall–Kier alpha value is 0.463. The summed E-state index contributed by atoms with van der Waals surface area (Å²) in [5.41, 5.74) is 0. The van der Waals surface area contributed by atoms with Gasteiger partial charge in [-0.15, -0.1) is 0 Å². The van der Waals surface area contributed by atoms with E-state index in [0.29, 0.717) is 0 Å². The molecular formula is HNO3Zn. The van der Waals surface area contributed by atoms with Crippen molar-refractivity contribution < 1.29 is 34.8 Å². The van der Waals surface area contributed by atoms with E-state index in [0.717, 1.165) is 0 Å². The molecule has 0 aromatic rings. The minimum atomic E-state index is -0.583. The molecule has 1 aliphatic heterocycles. The van der Waals surface area contributed by atoms with Crippen molar-refractivity contribution in [2.75, 3.05) is 0 Å². The molecule has 0 aliphatic carbocycles. The first-order valence-electron chi connectivity index (χ1n) is 0.779. The zero-order valence-electron chi connectivity index (χ0n) is 2.43. The minimum absolute atomic E-state index is 0. The molecule has 0 aromatic carbocycles. The second kappa shape index (κ2) is 1.79. The van der Waals surface area contributed by atoms with Crippen LogP contribution in [-0.2, 0) is 29.5 Å². The zero-order valence-corrected chi connectivity index (χ0v) is 5.40. The van der Waals surface area contributed by atoms with Crippen molar-refractivity contribution in [1.29, 1.82) is 0 Å². The van der Waals surface area contributed by atoms with E-state index in [2.05, 4.69) is 9.98 Å². The average Bonchev–Trinajstić information content (AvgIpc) is 1.75. The van der Waals surface area contributed by atoms with E-state index in [1.54, 1.807) is 0 Å². The molecule has 0 aromatic heterocycles. The molecule has 0 amide bonds. The molecule has 5 heteroatoms. The first-order valence-corrected chi connectivity index (χ1v) is 0.779. The van der Waals surface area contributed by atoms with Gasteiger partial charge in [0.05, 0.1) is 9.98 Å². The van der Waals surface area contributed by atoms with Gasteiger partial charge in [-0.2, -0.15) is 0 Å². The molecule has 1 rings (SSSR count). The molecular weight excluding hydrogens is 127 g/mol. The van der Waals surface area contributed by atoms with Crippen molar-refractivity contribution in [3.63, 3.8) is 0 Å². The van der Waals surface area contributed by atoms with Crippen molar-refractivity contribution >= 4 is 0 Å². The van der Waals surface area contributed by atoms with Crippen LogP contribution >= 0.6 is 0 Å². The van der Waals surface area contributed by atoms with Crippen LogP contribution in [0.4, 0.5) is 0 Å².